The number of carbonyl (C=O) groups is 3. The first kappa shape index (κ1) is 23.8. The Morgan fingerprint density at radius 3 is 2.42 bits per heavy atom. The Morgan fingerprint density at radius 1 is 1.06 bits per heavy atom. The van der Waals surface area contributed by atoms with Gasteiger partial charge in [0.05, 0.1) is 5.69 Å². The van der Waals surface area contributed by atoms with Gasteiger partial charge in [-0.2, -0.15) is 0 Å². The van der Waals surface area contributed by atoms with Crippen molar-refractivity contribution in [2.24, 2.45) is 0 Å². The maximum absolute atomic E-state index is 12.7. The van der Waals surface area contributed by atoms with Crippen LogP contribution in [0.15, 0.2) is 45.3 Å². The molecule has 0 aliphatic carbocycles. The van der Waals surface area contributed by atoms with Gasteiger partial charge in [-0.05, 0) is 74.9 Å². The molecule has 0 unspecified atom stereocenters. The second-order valence-corrected chi connectivity index (χ2v) is 10.2. The molecule has 1 saturated heterocycles. The number of nitrogens with two attached hydrogens (primary N) is 1. The predicted molar refractivity (Wildman–Crippen MR) is 135 cm³/mol. The Balaban J connectivity index is 1.24. The van der Waals surface area contributed by atoms with Crippen molar-refractivity contribution in [1.29, 1.82) is 0 Å². The number of rotatable bonds is 6. The molecule has 0 aromatic heterocycles. The van der Waals surface area contributed by atoms with Gasteiger partial charge < -0.3 is 20.9 Å². The smallest absolute Gasteiger partial charge is 0.322 e. The highest BCUT2D eigenvalue weighted by atomic mass is 79.9. The molecule has 3 N–H and O–H groups in total. The molecule has 0 saturated carbocycles. The van der Waals surface area contributed by atoms with Crippen molar-refractivity contribution in [2.45, 2.75) is 44.7 Å². The van der Waals surface area contributed by atoms with E-state index in [0.717, 1.165) is 24.1 Å². The van der Waals surface area contributed by atoms with Crippen LogP contribution in [0.3, 0.4) is 0 Å². The van der Waals surface area contributed by atoms with Crippen molar-refractivity contribution < 1.29 is 14.4 Å². The lowest BCUT2D eigenvalue weighted by molar-refractivity contribution is -0.132. The monoisotopic (exact) mass is 576 g/mol. The van der Waals surface area contributed by atoms with Crippen LogP contribution in [0, 0.1) is 0 Å². The van der Waals surface area contributed by atoms with E-state index in [1.54, 1.807) is 12.1 Å². The molecule has 4 rings (SSSR count). The van der Waals surface area contributed by atoms with Gasteiger partial charge in [0.2, 0.25) is 5.91 Å². The minimum atomic E-state index is -0.0714. The van der Waals surface area contributed by atoms with Gasteiger partial charge in [0, 0.05) is 58.7 Å². The third kappa shape index (κ3) is 5.41. The molecule has 9 heteroatoms. The molecule has 2 heterocycles. The van der Waals surface area contributed by atoms with Crippen LogP contribution in [0.2, 0.25) is 0 Å². The number of nitrogens with one attached hydrogen (secondary N) is 1. The number of hydrogen-bond donors (Lipinski definition) is 2. The van der Waals surface area contributed by atoms with Gasteiger partial charge in [-0.25, -0.2) is 4.79 Å². The lowest BCUT2D eigenvalue weighted by Gasteiger charge is -2.40. The van der Waals surface area contributed by atoms with Gasteiger partial charge in [-0.3, -0.25) is 9.59 Å². The van der Waals surface area contributed by atoms with E-state index in [1.165, 1.54) is 0 Å². The lowest BCUT2D eigenvalue weighted by Crippen LogP contribution is -2.51. The molecule has 0 atom stereocenters. The number of Topliss-reactive ketones (excluding diaryl/α,β-unsaturated/α-hetero) is 1. The summed E-state index contributed by atoms with van der Waals surface area (Å²) in [6, 6.07) is 11.3. The zero-order valence-electron chi connectivity index (χ0n) is 18.2. The van der Waals surface area contributed by atoms with Gasteiger partial charge in [0.25, 0.3) is 0 Å². The summed E-state index contributed by atoms with van der Waals surface area (Å²) < 4.78 is 1.34. The number of para-hydroxylation sites is 1. The molecule has 0 bridgehead atoms. The van der Waals surface area contributed by atoms with Crippen LogP contribution in [0.5, 0.6) is 0 Å². The Kier molecular flexibility index (Phi) is 7.38. The van der Waals surface area contributed by atoms with Crippen molar-refractivity contribution >= 4 is 61.0 Å². The number of urea groups is 1. The Morgan fingerprint density at radius 2 is 1.73 bits per heavy atom. The summed E-state index contributed by atoms with van der Waals surface area (Å²) in [4.78, 5) is 41.5. The van der Waals surface area contributed by atoms with E-state index in [0.29, 0.717) is 59.1 Å². The van der Waals surface area contributed by atoms with E-state index in [1.807, 2.05) is 34.1 Å². The topological polar surface area (TPSA) is 95.7 Å². The molecule has 174 valence electrons. The van der Waals surface area contributed by atoms with Crippen LogP contribution in [0.4, 0.5) is 16.2 Å². The summed E-state index contributed by atoms with van der Waals surface area (Å²) >= 11 is 6.72. The van der Waals surface area contributed by atoms with Crippen LogP contribution in [0.25, 0.3) is 0 Å². The molecule has 3 amide bonds. The summed E-state index contributed by atoms with van der Waals surface area (Å²) in [5, 5.41) is 2.96. The number of halogens is 2. The molecule has 0 radical (unpaired) electrons. The molecular weight excluding hydrogens is 552 g/mol. The van der Waals surface area contributed by atoms with Crippen molar-refractivity contribution in [2.75, 3.05) is 24.1 Å². The van der Waals surface area contributed by atoms with E-state index < -0.39 is 0 Å². The fourth-order valence-electron chi connectivity index (χ4n) is 4.39. The van der Waals surface area contributed by atoms with Crippen LogP contribution < -0.4 is 11.1 Å². The lowest BCUT2D eigenvalue weighted by atomic mass is 10.00. The van der Waals surface area contributed by atoms with E-state index in [4.69, 9.17) is 5.73 Å². The third-order valence-electron chi connectivity index (χ3n) is 6.31. The van der Waals surface area contributed by atoms with Gasteiger partial charge >= 0.3 is 6.03 Å². The van der Waals surface area contributed by atoms with Crippen molar-refractivity contribution in [3.63, 3.8) is 0 Å². The standard InChI is InChI=1S/C24H26Br2N4O3/c25-18-12-16(13-19(26)23(18)27)21(31)6-3-7-22(32)29-10-8-17(9-11-29)30-14-15-4-1-2-5-20(15)28-24(30)33/h1-2,4-5,12-13,17H,3,6-11,14,27H2,(H,28,33). The minimum absolute atomic E-state index is 0.0145. The Bertz CT molecular complexity index is 1060. The number of piperidine rings is 1. The summed E-state index contributed by atoms with van der Waals surface area (Å²) in [6.07, 6.45) is 2.66. The van der Waals surface area contributed by atoms with Gasteiger partial charge in [0.15, 0.2) is 5.78 Å². The second kappa shape index (κ2) is 10.3. The highest BCUT2D eigenvalue weighted by molar-refractivity contribution is 9.11. The first-order valence-electron chi connectivity index (χ1n) is 11.0. The fraction of sp³-hybridized carbons (Fsp3) is 0.375. The normalized spacial score (nSPS) is 16.4. The Labute approximate surface area is 209 Å². The summed E-state index contributed by atoms with van der Waals surface area (Å²) in [7, 11) is 0. The first-order chi connectivity index (χ1) is 15.8. The highest BCUT2D eigenvalue weighted by Gasteiger charge is 2.32. The molecule has 2 aromatic carbocycles. The van der Waals surface area contributed by atoms with Crippen molar-refractivity contribution in [1.82, 2.24) is 9.80 Å². The number of hydrogen-bond acceptors (Lipinski definition) is 4. The summed E-state index contributed by atoms with van der Waals surface area (Å²) in [5.74, 6) is 0.0497. The first-order valence-corrected chi connectivity index (χ1v) is 12.6. The molecule has 33 heavy (non-hydrogen) atoms. The number of amides is 3. The maximum Gasteiger partial charge on any atom is 0.322 e. The highest BCUT2D eigenvalue weighted by Crippen LogP contribution is 2.30. The van der Waals surface area contributed by atoms with Crippen LogP contribution in [0.1, 0.15) is 48.0 Å². The van der Waals surface area contributed by atoms with Crippen molar-refractivity contribution in [3.05, 3.63) is 56.5 Å². The molecule has 1 fully saturated rings. The number of nitrogens with zero attached hydrogens (tertiary/aromatic N) is 2. The maximum atomic E-state index is 12.7. The number of ketones is 1. The van der Waals surface area contributed by atoms with E-state index >= 15 is 0 Å². The van der Waals surface area contributed by atoms with E-state index in [-0.39, 0.29) is 23.8 Å². The number of fused-ring (bicyclic) bond motifs is 1. The van der Waals surface area contributed by atoms with E-state index in [2.05, 4.69) is 37.2 Å². The average Bonchev–Trinajstić information content (AvgIpc) is 2.81. The van der Waals surface area contributed by atoms with Crippen LogP contribution >= 0.6 is 31.9 Å². The fourth-order valence-corrected chi connectivity index (χ4v) is 5.58. The quantitative estimate of drug-likeness (QED) is 0.365. The average molecular weight is 578 g/mol. The molecule has 2 aromatic rings. The number of anilines is 2. The van der Waals surface area contributed by atoms with Crippen LogP contribution in [-0.2, 0) is 11.3 Å². The largest absolute Gasteiger partial charge is 0.397 e. The van der Waals surface area contributed by atoms with Crippen molar-refractivity contribution in [3.8, 4) is 0 Å². The summed E-state index contributed by atoms with van der Waals surface area (Å²) in [5.41, 5.74) is 8.98. The summed E-state index contributed by atoms with van der Waals surface area (Å²) in [6.45, 7) is 1.85. The molecular formula is C24H26Br2N4O3. The zero-order chi connectivity index (χ0) is 23.5. The van der Waals surface area contributed by atoms with Gasteiger partial charge in [-0.1, -0.05) is 18.2 Å². The van der Waals surface area contributed by atoms with E-state index in [9.17, 15) is 14.4 Å². The molecule has 0 spiro atoms. The number of benzene rings is 2. The predicted octanol–water partition coefficient (Wildman–Crippen LogP) is 5.19. The molecule has 7 nitrogen and oxygen atoms in total. The molecule has 2 aliphatic rings. The van der Waals surface area contributed by atoms with Gasteiger partial charge in [-0.15, -0.1) is 0 Å². The Hall–Kier alpha value is -2.39. The number of carbonyl (C=O) groups excluding carboxylic acids is 3. The third-order valence-corrected chi connectivity index (χ3v) is 7.63. The van der Waals surface area contributed by atoms with Crippen LogP contribution in [-0.4, -0.2) is 46.7 Å². The minimum Gasteiger partial charge on any atom is -0.397 e. The second-order valence-electron chi connectivity index (χ2n) is 8.46. The SMILES string of the molecule is Nc1c(Br)cc(C(=O)CCCC(=O)N2CCC(N3Cc4ccccc4NC3=O)CC2)cc1Br. The van der Waals surface area contributed by atoms with Gasteiger partial charge in [0.1, 0.15) is 0 Å². The molecule has 2 aliphatic heterocycles. The zero-order valence-corrected chi connectivity index (χ0v) is 21.3. The number of nitrogen functional groups attached to an aromatic ring is 1. The number of likely N-dealkylation sites (tertiary alicyclic amines) is 1.